The van der Waals surface area contributed by atoms with E-state index in [0.717, 1.165) is 0 Å². The van der Waals surface area contributed by atoms with Crippen molar-refractivity contribution in [1.82, 2.24) is 4.90 Å². The fourth-order valence-electron chi connectivity index (χ4n) is 1.71. The van der Waals surface area contributed by atoms with Crippen LogP contribution >= 0.6 is 23.8 Å². The Balaban J connectivity index is 2.54. The van der Waals surface area contributed by atoms with Gasteiger partial charge in [-0.2, -0.15) is 0 Å². The molecule has 0 aromatic heterocycles. The van der Waals surface area contributed by atoms with Crippen LogP contribution in [-0.4, -0.2) is 49.1 Å². The highest BCUT2D eigenvalue weighted by Crippen LogP contribution is 2.20. The van der Waals surface area contributed by atoms with Crippen LogP contribution in [0.15, 0.2) is 24.3 Å². The molecule has 1 aromatic rings. The number of hydrogen-bond acceptors (Lipinski definition) is 4. The molecule has 5 nitrogen and oxygen atoms in total. The van der Waals surface area contributed by atoms with Gasteiger partial charge < -0.3 is 15.8 Å². The second-order valence-corrected chi connectivity index (χ2v) is 5.44. The van der Waals surface area contributed by atoms with Gasteiger partial charge in [0.05, 0.1) is 28.9 Å². The van der Waals surface area contributed by atoms with E-state index in [-0.39, 0.29) is 12.5 Å². The lowest BCUT2D eigenvalue weighted by molar-refractivity contribution is -0.117. The highest BCUT2D eigenvalue weighted by molar-refractivity contribution is 7.80. The standard InChI is InChI=1S/C14H20ClN3O2S/c1-20-9-8-18(7-6-13(16)21)10-14(19)17-12-5-3-2-4-11(12)15/h2-5H,6-10H2,1H3,(H2,16,21)(H,17,19). The summed E-state index contributed by atoms with van der Waals surface area (Å²) in [5.41, 5.74) is 6.10. The first-order chi connectivity index (χ1) is 10.0. The first-order valence-electron chi connectivity index (χ1n) is 6.57. The third-order valence-electron chi connectivity index (χ3n) is 2.80. The zero-order chi connectivity index (χ0) is 15.7. The second kappa shape index (κ2) is 9.68. The molecule has 0 atom stereocenters. The molecular weight excluding hydrogens is 310 g/mol. The normalized spacial score (nSPS) is 10.6. The molecule has 3 N–H and O–H groups in total. The third kappa shape index (κ3) is 7.38. The molecule has 0 saturated heterocycles. The van der Waals surface area contributed by atoms with E-state index in [1.165, 1.54) is 0 Å². The number of nitrogens with two attached hydrogens (primary N) is 1. The van der Waals surface area contributed by atoms with E-state index in [9.17, 15) is 4.79 Å². The number of nitrogens with zero attached hydrogens (tertiary/aromatic N) is 1. The SMILES string of the molecule is COCCN(CCC(N)=S)CC(=O)Nc1ccccc1Cl. The maximum atomic E-state index is 12.1. The fraction of sp³-hybridized carbons (Fsp3) is 0.429. The molecule has 0 aliphatic heterocycles. The number of carbonyl (C=O) groups excluding carboxylic acids is 1. The molecule has 0 bridgehead atoms. The number of nitrogens with one attached hydrogen (secondary N) is 1. The van der Waals surface area contributed by atoms with Gasteiger partial charge in [0.15, 0.2) is 0 Å². The fourth-order valence-corrected chi connectivity index (χ4v) is 1.99. The summed E-state index contributed by atoms with van der Waals surface area (Å²) < 4.78 is 5.04. The molecule has 7 heteroatoms. The van der Waals surface area contributed by atoms with E-state index >= 15 is 0 Å². The van der Waals surface area contributed by atoms with Crippen LogP contribution in [0.2, 0.25) is 5.02 Å². The molecule has 0 aliphatic carbocycles. The molecule has 1 rings (SSSR count). The maximum Gasteiger partial charge on any atom is 0.238 e. The largest absolute Gasteiger partial charge is 0.393 e. The number of amides is 1. The van der Waals surface area contributed by atoms with E-state index in [4.69, 9.17) is 34.3 Å². The maximum absolute atomic E-state index is 12.1. The molecule has 0 aliphatic rings. The molecule has 21 heavy (non-hydrogen) atoms. The number of benzene rings is 1. The van der Waals surface area contributed by atoms with Gasteiger partial charge in [-0.3, -0.25) is 9.69 Å². The first-order valence-corrected chi connectivity index (χ1v) is 7.35. The van der Waals surface area contributed by atoms with Gasteiger partial charge in [0, 0.05) is 26.6 Å². The highest BCUT2D eigenvalue weighted by Gasteiger charge is 2.12. The summed E-state index contributed by atoms with van der Waals surface area (Å²) in [6, 6.07) is 7.11. The van der Waals surface area contributed by atoms with Gasteiger partial charge in [0.25, 0.3) is 0 Å². The van der Waals surface area contributed by atoms with Crippen molar-refractivity contribution >= 4 is 40.4 Å². The molecule has 0 spiro atoms. The Bertz CT molecular complexity index is 485. The molecule has 1 amide bonds. The van der Waals surface area contributed by atoms with Gasteiger partial charge in [0.2, 0.25) is 5.91 Å². The Labute approximate surface area is 135 Å². The lowest BCUT2D eigenvalue weighted by atomic mass is 10.3. The zero-order valence-corrected chi connectivity index (χ0v) is 13.5. The number of ether oxygens (including phenoxy) is 1. The topological polar surface area (TPSA) is 67.6 Å². The lowest BCUT2D eigenvalue weighted by Crippen LogP contribution is -2.37. The summed E-state index contributed by atoms with van der Waals surface area (Å²) in [5.74, 6) is -0.137. The number of halogens is 1. The molecular formula is C14H20ClN3O2S. The Morgan fingerprint density at radius 1 is 1.43 bits per heavy atom. The van der Waals surface area contributed by atoms with Crippen molar-refractivity contribution in [2.45, 2.75) is 6.42 Å². The van der Waals surface area contributed by atoms with Gasteiger partial charge >= 0.3 is 0 Å². The summed E-state index contributed by atoms with van der Waals surface area (Å²) in [5, 5.41) is 3.30. The lowest BCUT2D eigenvalue weighted by Gasteiger charge is -2.21. The molecule has 0 fully saturated rings. The molecule has 116 valence electrons. The molecule has 0 unspecified atom stereocenters. The van der Waals surface area contributed by atoms with Crippen LogP contribution in [0.3, 0.4) is 0 Å². The van der Waals surface area contributed by atoms with E-state index < -0.39 is 0 Å². The number of para-hydroxylation sites is 1. The van der Waals surface area contributed by atoms with Crippen LogP contribution in [-0.2, 0) is 9.53 Å². The van der Waals surface area contributed by atoms with Gasteiger partial charge in [-0.15, -0.1) is 0 Å². The monoisotopic (exact) mass is 329 g/mol. The van der Waals surface area contributed by atoms with Gasteiger partial charge in [-0.25, -0.2) is 0 Å². The minimum atomic E-state index is -0.137. The average molecular weight is 330 g/mol. The zero-order valence-electron chi connectivity index (χ0n) is 12.0. The van der Waals surface area contributed by atoms with Crippen LogP contribution in [0.4, 0.5) is 5.69 Å². The minimum absolute atomic E-state index is 0.137. The second-order valence-electron chi connectivity index (χ2n) is 4.51. The minimum Gasteiger partial charge on any atom is -0.393 e. The predicted octanol–water partition coefficient (Wildman–Crippen LogP) is 1.90. The smallest absolute Gasteiger partial charge is 0.238 e. The number of rotatable bonds is 9. The van der Waals surface area contributed by atoms with Crippen LogP contribution in [0.25, 0.3) is 0 Å². The van der Waals surface area contributed by atoms with Crippen molar-refractivity contribution in [1.29, 1.82) is 0 Å². The molecule has 1 aromatic carbocycles. The Hall–Kier alpha value is -1.21. The van der Waals surface area contributed by atoms with Crippen LogP contribution < -0.4 is 11.1 Å². The summed E-state index contributed by atoms with van der Waals surface area (Å²) in [4.78, 5) is 14.4. The summed E-state index contributed by atoms with van der Waals surface area (Å²) in [7, 11) is 1.62. The van der Waals surface area contributed by atoms with Gasteiger partial charge in [-0.05, 0) is 12.1 Å². The Morgan fingerprint density at radius 3 is 2.76 bits per heavy atom. The van der Waals surface area contributed by atoms with Crippen LogP contribution in [0.5, 0.6) is 0 Å². The quantitative estimate of drug-likeness (QED) is 0.677. The number of hydrogen-bond donors (Lipinski definition) is 2. The third-order valence-corrected chi connectivity index (χ3v) is 3.33. The van der Waals surface area contributed by atoms with Gasteiger partial charge in [0.1, 0.15) is 0 Å². The van der Waals surface area contributed by atoms with Crippen molar-refractivity contribution in [3.05, 3.63) is 29.3 Å². The van der Waals surface area contributed by atoms with E-state index in [1.54, 1.807) is 19.2 Å². The van der Waals surface area contributed by atoms with Crippen molar-refractivity contribution in [2.75, 3.05) is 38.7 Å². The van der Waals surface area contributed by atoms with Crippen LogP contribution in [0.1, 0.15) is 6.42 Å². The predicted molar refractivity (Wildman–Crippen MR) is 89.8 cm³/mol. The van der Waals surface area contributed by atoms with Gasteiger partial charge in [-0.1, -0.05) is 36.0 Å². The first kappa shape index (κ1) is 17.8. The summed E-state index contributed by atoms with van der Waals surface area (Å²) in [6.45, 7) is 2.03. The Kier molecular flexibility index (Phi) is 8.22. The average Bonchev–Trinajstić information content (AvgIpc) is 2.44. The summed E-state index contributed by atoms with van der Waals surface area (Å²) in [6.07, 6.45) is 0.568. The molecule has 0 saturated carbocycles. The number of methoxy groups -OCH3 is 1. The van der Waals surface area contributed by atoms with Crippen molar-refractivity contribution in [2.24, 2.45) is 5.73 Å². The van der Waals surface area contributed by atoms with E-state index in [1.807, 2.05) is 17.0 Å². The molecule has 0 heterocycles. The van der Waals surface area contributed by atoms with E-state index in [2.05, 4.69) is 5.32 Å². The van der Waals surface area contributed by atoms with Crippen molar-refractivity contribution in [3.63, 3.8) is 0 Å². The Morgan fingerprint density at radius 2 is 2.14 bits per heavy atom. The van der Waals surface area contributed by atoms with E-state index in [0.29, 0.717) is 41.8 Å². The summed E-state index contributed by atoms with van der Waals surface area (Å²) >= 11 is 10.9. The van der Waals surface area contributed by atoms with Crippen molar-refractivity contribution in [3.8, 4) is 0 Å². The highest BCUT2D eigenvalue weighted by atomic mass is 35.5. The van der Waals surface area contributed by atoms with Crippen LogP contribution in [0, 0.1) is 0 Å². The number of thiocarbonyl (C=S) groups is 1. The molecule has 0 radical (unpaired) electrons. The number of anilines is 1. The number of carbonyl (C=O) groups is 1. The van der Waals surface area contributed by atoms with Crippen molar-refractivity contribution < 1.29 is 9.53 Å².